The van der Waals surface area contributed by atoms with E-state index in [2.05, 4.69) is 11.1 Å². The van der Waals surface area contributed by atoms with Crippen LogP contribution in [0, 0.1) is 0 Å². The lowest BCUT2D eigenvalue weighted by Gasteiger charge is -2.01. The van der Waals surface area contributed by atoms with Gasteiger partial charge in [0.05, 0.1) is 10.5 Å². The predicted octanol–water partition coefficient (Wildman–Crippen LogP) is 3.06. The van der Waals surface area contributed by atoms with Crippen molar-refractivity contribution in [1.29, 1.82) is 0 Å². The number of aromatic amines is 1. The molecule has 0 atom stereocenters. The summed E-state index contributed by atoms with van der Waals surface area (Å²) in [7, 11) is 0. The summed E-state index contributed by atoms with van der Waals surface area (Å²) in [6.07, 6.45) is 2.81. The number of nitrogens with one attached hydrogen (secondary N) is 1. The first-order chi connectivity index (χ1) is 7.26. The summed E-state index contributed by atoms with van der Waals surface area (Å²) in [4.78, 5) is 3.16. The van der Waals surface area contributed by atoms with Gasteiger partial charge in [-0.15, -0.1) is 11.6 Å². The summed E-state index contributed by atoms with van der Waals surface area (Å²) in [6, 6.07) is 3.95. The van der Waals surface area contributed by atoms with E-state index in [9.17, 15) is 0 Å². The molecule has 2 nitrogen and oxygen atoms in total. The molecule has 4 heteroatoms. The zero-order valence-electron chi connectivity index (χ0n) is 8.19. The summed E-state index contributed by atoms with van der Waals surface area (Å²) >= 11 is 11.9. The summed E-state index contributed by atoms with van der Waals surface area (Å²) < 4.78 is 0. The highest BCUT2D eigenvalue weighted by Crippen LogP contribution is 2.28. The Morgan fingerprint density at radius 2 is 2.13 bits per heavy atom. The van der Waals surface area contributed by atoms with Gasteiger partial charge in [-0.25, -0.2) is 0 Å². The average molecular weight is 243 g/mol. The quantitative estimate of drug-likeness (QED) is 0.799. The van der Waals surface area contributed by atoms with Crippen molar-refractivity contribution in [3.8, 4) is 0 Å². The van der Waals surface area contributed by atoms with Crippen LogP contribution in [0.5, 0.6) is 0 Å². The van der Waals surface area contributed by atoms with Gasteiger partial charge in [-0.1, -0.05) is 11.6 Å². The van der Waals surface area contributed by atoms with E-state index in [1.807, 2.05) is 12.3 Å². The Bertz CT molecular complexity index is 477. The topological polar surface area (TPSA) is 41.8 Å². The molecule has 0 radical (unpaired) electrons. The Morgan fingerprint density at radius 3 is 2.80 bits per heavy atom. The molecule has 0 spiro atoms. The zero-order valence-corrected chi connectivity index (χ0v) is 9.70. The molecule has 3 N–H and O–H groups in total. The molecule has 0 saturated carbocycles. The maximum atomic E-state index is 6.13. The number of benzene rings is 1. The van der Waals surface area contributed by atoms with Gasteiger partial charge in [-0.05, 0) is 36.2 Å². The molecule has 15 heavy (non-hydrogen) atoms. The van der Waals surface area contributed by atoms with Crippen molar-refractivity contribution in [2.24, 2.45) is 5.73 Å². The number of hydrogen-bond donors (Lipinski definition) is 2. The van der Waals surface area contributed by atoms with Crippen LogP contribution in [0.4, 0.5) is 0 Å². The van der Waals surface area contributed by atoms with Crippen LogP contribution in [0.3, 0.4) is 0 Å². The molecule has 1 aromatic heterocycles. The van der Waals surface area contributed by atoms with Crippen molar-refractivity contribution in [2.45, 2.75) is 12.3 Å². The first kappa shape index (κ1) is 10.8. The van der Waals surface area contributed by atoms with Crippen LogP contribution in [-0.2, 0) is 12.3 Å². The number of hydrogen-bond acceptors (Lipinski definition) is 1. The monoisotopic (exact) mass is 242 g/mol. The van der Waals surface area contributed by atoms with Crippen LogP contribution < -0.4 is 5.73 Å². The molecule has 2 rings (SSSR count). The highest BCUT2D eigenvalue weighted by molar-refractivity contribution is 6.35. The second-order valence-corrected chi connectivity index (χ2v) is 4.16. The highest BCUT2D eigenvalue weighted by Gasteiger charge is 2.07. The van der Waals surface area contributed by atoms with E-state index in [0.717, 1.165) is 22.9 Å². The van der Waals surface area contributed by atoms with Crippen molar-refractivity contribution in [3.63, 3.8) is 0 Å². The minimum atomic E-state index is 0.475. The number of nitrogens with two attached hydrogens (primary N) is 1. The lowest BCUT2D eigenvalue weighted by molar-refractivity contribution is 0.976. The van der Waals surface area contributed by atoms with Crippen molar-refractivity contribution in [1.82, 2.24) is 4.98 Å². The van der Waals surface area contributed by atoms with Crippen molar-refractivity contribution < 1.29 is 0 Å². The molecule has 0 aliphatic carbocycles. The summed E-state index contributed by atoms with van der Waals surface area (Å²) in [5, 5.41) is 1.84. The molecular formula is C11H12Cl2N2. The Kier molecular flexibility index (Phi) is 3.19. The Balaban J connectivity index is 2.61. The molecule has 80 valence electrons. The van der Waals surface area contributed by atoms with E-state index >= 15 is 0 Å². The Labute approximate surface area is 98.4 Å². The van der Waals surface area contributed by atoms with Gasteiger partial charge in [0.25, 0.3) is 0 Å². The second kappa shape index (κ2) is 4.44. The van der Waals surface area contributed by atoms with Crippen LogP contribution in [0.15, 0.2) is 18.3 Å². The van der Waals surface area contributed by atoms with Gasteiger partial charge in [0.15, 0.2) is 0 Å². The number of halogens is 2. The van der Waals surface area contributed by atoms with Crippen molar-refractivity contribution in [3.05, 3.63) is 34.5 Å². The predicted molar refractivity (Wildman–Crippen MR) is 65.6 cm³/mol. The largest absolute Gasteiger partial charge is 0.360 e. The number of rotatable bonds is 3. The lowest BCUT2D eigenvalue weighted by atomic mass is 10.1. The smallest absolute Gasteiger partial charge is 0.0650 e. The van der Waals surface area contributed by atoms with Crippen molar-refractivity contribution >= 4 is 34.1 Å². The van der Waals surface area contributed by atoms with E-state index in [-0.39, 0.29) is 0 Å². The maximum Gasteiger partial charge on any atom is 0.0650 e. The highest BCUT2D eigenvalue weighted by atomic mass is 35.5. The van der Waals surface area contributed by atoms with E-state index in [1.165, 1.54) is 5.56 Å². The summed E-state index contributed by atoms with van der Waals surface area (Å²) in [5.74, 6) is 0.475. The minimum Gasteiger partial charge on any atom is -0.360 e. The Morgan fingerprint density at radius 1 is 1.33 bits per heavy atom. The molecule has 1 aromatic carbocycles. The third-order valence-corrected chi connectivity index (χ3v) is 3.06. The van der Waals surface area contributed by atoms with Gasteiger partial charge in [-0.3, -0.25) is 0 Å². The van der Waals surface area contributed by atoms with Crippen LogP contribution in [-0.4, -0.2) is 11.5 Å². The maximum absolute atomic E-state index is 6.13. The molecule has 0 aliphatic rings. The first-order valence-electron chi connectivity index (χ1n) is 4.80. The van der Waals surface area contributed by atoms with Crippen LogP contribution in [0.1, 0.15) is 11.1 Å². The summed E-state index contributed by atoms with van der Waals surface area (Å²) in [6.45, 7) is 0.635. The first-order valence-corrected chi connectivity index (χ1v) is 5.72. The molecule has 0 unspecified atom stereocenters. The molecule has 0 aliphatic heterocycles. The molecule has 0 amide bonds. The van der Waals surface area contributed by atoms with Gasteiger partial charge in [-0.2, -0.15) is 0 Å². The molecule has 0 bridgehead atoms. The summed E-state index contributed by atoms with van der Waals surface area (Å²) in [5.41, 5.74) is 8.74. The van der Waals surface area contributed by atoms with Gasteiger partial charge in [0.2, 0.25) is 0 Å². The van der Waals surface area contributed by atoms with E-state index < -0.39 is 0 Å². The van der Waals surface area contributed by atoms with Gasteiger partial charge < -0.3 is 10.7 Å². The molecule has 2 aromatic rings. The molecule has 0 fully saturated rings. The number of H-pyrrole nitrogens is 1. The third kappa shape index (κ3) is 1.98. The second-order valence-electron chi connectivity index (χ2n) is 3.49. The number of fused-ring (bicyclic) bond motifs is 1. The Hall–Kier alpha value is -0.700. The fourth-order valence-electron chi connectivity index (χ4n) is 1.74. The van der Waals surface area contributed by atoms with Gasteiger partial charge in [0.1, 0.15) is 0 Å². The van der Waals surface area contributed by atoms with E-state index in [0.29, 0.717) is 17.4 Å². The zero-order chi connectivity index (χ0) is 10.8. The SMILES string of the molecule is NCCc1c[nH]c2c(Cl)cc(CCl)cc12. The van der Waals surface area contributed by atoms with Crippen LogP contribution in [0.2, 0.25) is 5.02 Å². The lowest BCUT2D eigenvalue weighted by Crippen LogP contribution is -2.01. The van der Waals surface area contributed by atoms with Crippen LogP contribution in [0.25, 0.3) is 10.9 Å². The van der Waals surface area contributed by atoms with E-state index in [1.54, 1.807) is 0 Å². The third-order valence-electron chi connectivity index (χ3n) is 2.45. The number of alkyl halides is 1. The average Bonchev–Trinajstić information content (AvgIpc) is 2.63. The van der Waals surface area contributed by atoms with Gasteiger partial charge >= 0.3 is 0 Å². The fraction of sp³-hybridized carbons (Fsp3) is 0.273. The normalized spacial score (nSPS) is 11.1. The van der Waals surface area contributed by atoms with Crippen LogP contribution >= 0.6 is 23.2 Å². The van der Waals surface area contributed by atoms with E-state index in [4.69, 9.17) is 28.9 Å². The fourth-order valence-corrected chi connectivity index (χ4v) is 2.19. The standard InChI is InChI=1S/C11H12Cl2N2/c12-5-7-3-9-8(1-2-14)6-15-11(9)10(13)4-7/h3-4,6,15H,1-2,5,14H2. The number of aromatic nitrogens is 1. The van der Waals surface area contributed by atoms with Gasteiger partial charge in [0, 0.05) is 17.5 Å². The molecular weight excluding hydrogens is 231 g/mol. The molecule has 1 heterocycles. The molecule has 0 saturated heterocycles. The van der Waals surface area contributed by atoms with Crippen molar-refractivity contribution in [2.75, 3.05) is 6.54 Å². The minimum absolute atomic E-state index is 0.475.